The number of amides is 1. The molecule has 0 spiro atoms. The molecular formula is C18H21N3O4S. The average molecular weight is 375 g/mol. The Morgan fingerprint density at radius 1 is 1.27 bits per heavy atom. The standard InChI is InChI=1S/C18H21N3O4S/c1-11(2)9-25-17(24)13-4-6-14(7-5-13)20-16(23)10-26-18-19-12(3)8-15(22)21-18/h4-8,11H,9-10H2,1-3H3,(H,20,23)(H,19,21,22). The van der Waals surface area contributed by atoms with Crippen LogP contribution in [0.3, 0.4) is 0 Å². The van der Waals surface area contributed by atoms with Crippen LogP contribution in [0, 0.1) is 12.8 Å². The molecule has 1 aromatic heterocycles. The first-order chi connectivity index (χ1) is 12.3. The molecule has 0 aliphatic heterocycles. The van der Waals surface area contributed by atoms with Gasteiger partial charge in [0.25, 0.3) is 5.56 Å². The van der Waals surface area contributed by atoms with Crippen molar-refractivity contribution >= 4 is 29.3 Å². The van der Waals surface area contributed by atoms with Crippen LogP contribution in [0.15, 0.2) is 40.3 Å². The van der Waals surface area contributed by atoms with E-state index in [4.69, 9.17) is 4.74 Å². The smallest absolute Gasteiger partial charge is 0.338 e. The van der Waals surface area contributed by atoms with Gasteiger partial charge < -0.3 is 15.0 Å². The molecule has 8 heteroatoms. The molecule has 26 heavy (non-hydrogen) atoms. The molecule has 0 fully saturated rings. The first kappa shape index (κ1) is 19.7. The second-order valence-corrected chi connectivity index (χ2v) is 7.06. The lowest BCUT2D eigenvalue weighted by molar-refractivity contribution is -0.113. The first-order valence-corrected chi connectivity index (χ1v) is 9.10. The highest BCUT2D eigenvalue weighted by Gasteiger charge is 2.10. The third kappa shape index (κ3) is 6.36. The van der Waals surface area contributed by atoms with Crippen molar-refractivity contribution in [2.75, 3.05) is 17.7 Å². The number of H-pyrrole nitrogens is 1. The highest BCUT2D eigenvalue weighted by Crippen LogP contribution is 2.14. The molecule has 2 aromatic rings. The molecule has 2 N–H and O–H groups in total. The van der Waals surface area contributed by atoms with E-state index in [1.165, 1.54) is 6.07 Å². The number of thioether (sulfide) groups is 1. The summed E-state index contributed by atoms with van der Waals surface area (Å²) in [6, 6.07) is 7.87. The van der Waals surface area contributed by atoms with Gasteiger partial charge in [0.1, 0.15) is 0 Å². The van der Waals surface area contributed by atoms with Crippen LogP contribution < -0.4 is 10.9 Å². The van der Waals surface area contributed by atoms with Crippen LogP contribution in [0.1, 0.15) is 29.9 Å². The topological polar surface area (TPSA) is 101 Å². The Hall–Kier alpha value is -2.61. The molecule has 0 saturated heterocycles. The van der Waals surface area contributed by atoms with Gasteiger partial charge in [0.15, 0.2) is 5.16 Å². The van der Waals surface area contributed by atoms with Gasteiger partial charge in [-0.15, -0.1) is 0 Å². The maximum atomic E-state index is 12.0. The van der Waals surface area contributed by atoms with Gasteiger partial charge in [0, 0.05) is 17.4 Å². The molecule has 0 bridgehead atoms. The fraction of sp³-hybridized carbons (Fsp3) is 0.333. The number of anilines is 1. The van der Waals surface area contributed by atoms with E-state index in [1.807, 2.05) is 13.8 Å². The quantitative estimate of drug-likeness (QED) is 0.438. The Kier molecular flexibility index (Phi) is 6.97. The molecule has 1 aromatic carbocycles. The number of nitrogens with one attached hydrogen (secondary N) is 2. The van der Waals surface area contributed by atoms with E-state index in [1.54, 1.807) is 31.2 Å². The lowest BCUT2D eigenvalue weighted by Gasteiger charge is -2.08. The van der Waals surface area contributed by atoms with Crippen molar-refractivity contribution in [3.05, 3.63) is 51.9 Å². The summed E-state index contributed by atoms with van der Waals surface area (Å²) < 4.78 is 5.15. The number of benzene rings is 1. The Morgan fingerprint density at radius 2 is 1.96 bits per heavy atom. The number of aromatic nitrogens is 2. The monoisotopic (exact) mass is 375 g/mol. The van der Waals surface area contributed by atoms with E-state index >= 15 is 0 Å². The average Bonchev–Trinajstić information content (AvgIpc) is 2.57. The van der Waals surface area contributed by atoms with Crippen LogP contribution in [0.4, 0.5) is 5.69 Å². The van der Waals surface area contributed by atoms with Crippen LogP contribution >= 0.6 is 11.8 Å². The molecule has 0 unspecified atom stereocenters. The zero-order chi connectivity index (χ0) is 19.1. The van der Waals surface area contributed by atoms with Gasteiger partial charge in [-0.05, 0) is 37.1 Å². The zero-order valence-corrected chi connectivity index (χ0v) is 15.7. The van der Waals surface area contributed by atoms with Gasteiger partial charge in [-0.2, -0.15) is 0 Å². The second-order valence-electron chi connectivity index (χ2n) is 6.10. The molecule has 0 saturated carbocycles. The molecule has 0 aliphatic carbocycles. The maximum absolute atomic E-state index is 12.0. The lowest BCUT2D eigenvalue weighted by atomic mass is 10.2. The number of aromatic amines is 1. The molecule has 7 nitrogen and oxygen atoms in total. The minimum atomic E-state index is -0.387. The molecule has 1 heterocycles. The van der Waals surface area contributed by atoms with Crippen LogP contribution in [-0.2, 0) is 9.53 Å². The van der Waals surface area contributed by atoms with Crippen molar-refractivity contribution in [3.63, 3.8) is 0 Å². The Balaban J connectivity index is 1.87. The number of rotatable bonds is 7. The molecule has 1 amide bonds. The van der Waals surface area contributed by atoms with E-state index in [2.05, 4.69) is 15.3 Å². The summed E-state index contributed by atoms with van der Waals surface area (Å²) in [6.07, 6.45) is 0. The predicted octanol–water partition coefficient (Wildman–Crippen LogP) is 2.62. The molecule has 2 rings (SSSR count). The predicted molar refractivity (Wildman–Crippen MR) is 101 cm³/mol. The number of aryl methyl sites for hydroxylation is 1. The van der Waals surface area contributed by atoms with Crippen LogP contribution in [0.2, 0.25) is 0 Å². The number of carbonyl (C=O) groups is 2. The first-order valence-electron chi connectivity index (χ1n) is 8.11. The lowest BCUT2D eigenvalue weighted by Crippen LogP contribution is -2.16. The minimum absolute atomic E-state index is 0.102. The molecule has 0 atom stereocenters. The number of esters is 1. The van der Waals surface area contributed by atoms with E-state index in [0.717, 1.165) is 11.8 Å². The summed E-state index contributed by atoms with van der Waals surface area (Å²) in [5.41, 5.74) is 1.35. The largest absolute Gasteiger partial charge is 0.462 e. The normalized spacial score (nSPS) is 10.6. The van der Waals surface area contributed by atoms with E-state index < -0.39 is 0 Å². The number of carbonyl (C=O) groups excluding carboxylic acids is 2. The fourth-order valence-corrected chi connectivity index (χ4v) is 2.69. The highest BCUT2D eigenvalue weighted by molar-refractivity contribution is 7.99. The number of hydrogen-bond donors (Lipinski definition) is 2. The minimum Gasteiger partial charge on any atom is -0.462 e. The summed E-state index contributed by atoms with van der Waals surface area (Å²) in [5.74, 6) is -0.256. The summed E-state index contributed by atoms with van der Waals surface area (Å²) in [7, 11) is 0. The Bertz CT molecular complexity index is 831. The molecule has 0 radical (unpaired) electrons. The third-order valence-corrected chi connectivity index (χ3v) is 4.01. The summed E-state index contributed by atoms with van der Waals surface area (Å²) >= 11 is 1.14. The molecule has 0 aliphatic rings. The third-order valence-electron chi connectivity index (χ3n) is 3.14. The molecular weight excluding hydrogens is 354 g/mol. The van der Waals surface area contributed by atoms with Crippen molar-refractivity contribution in [2.24, 2.45) is 5.92 Å². The van der Waals surface area contributed by atoms with Crippen LogP contribution in [0.5, 0.6) is 0 Å². The second kappa shape index (κ2) is 9.19. The Morgan fingerprint density at radius 3 is 2.58 bits per heavy atom. The van der Waals surface area contributed by atoms with Crippen LogP contribution in [0.25, 0.3) is 0 Å². The van der Waals surface area contributed by atoms with Crippen molar-refractivity contribution in [1.82, 2.24) is 9.97 Å². The van der Waals surface area contributed by atoms with E-state index in [-0.39, 0.29) is 29.1 Å². The van der Waals surface area contributed by atoms with Crippen molar-refractivity contribution < 1.29 is 14.3 Å². The zero-order valence-electron chi connectivity index (χ0n) is 14.9. The van der Waals surface area contributed by atoms with Gasteiger partial charge in [0.05, 0.1) is 17.9 Å². The van der Waals surface area contributed by atoms with E-state index in [9.17, 15) is 14.4 Å². The number of nitrogens with zero attached hydrogens (tertiary/aromatic N) is 1. The SMILES string of the molecule is Cc1cc(=O)[nH]c(SCC(=O)Nc2ccc(C(=O)OCC(C)C)cc2)n1. The summed E-state index contributed by atoms with van der Waals surface area (Å²) in [5, 5.41) is 3.12. The van der Waals surface area contributed by atoms with Gasteiger partial charge in [0.2, 0.25) is 5.91 Å². The number of ether oxygens (including phenoxy) is 1. The fourth-order valence-electron chi connectivity index (χ4n) is 1.97. The maximum Gasteiger partial charge on any atom is 0.338 e. The van der Waals surface area contributed by atoms with Crippen molar-refractivity contribution in [3.8, 4) is 0 Å². The van der Waals surface area contributed by atoms with Crippen LogP contribution in [-0.4, -0.2) is 34.2 Å². The van der Waals surface area contributed by atoms with Crippen molar-refractivity contribution in [1.29, 1.82) is 0 Å². The van der Waals surface area contributed by atoms with Gasteiger partial charge in [-0.3, -0.25) is 9.59 Å². The highest BCUT2D eigenvalue weighted by atomic mass is 32.2. The summed E-state index contributed by atoms with van der Waals surface area (Å²) in [6.45, 7) is 6.01. The van der Waals surface area contributed by atoms with Gasteiger partial charge in [-0.25, -0.2) is 9.78 Å². The van der Waals surface area contributed by atoms with E-state index in [0.29, 0.717) is 28.7 Å². The number of hydrogen-bond acceptors (Lipinski definition) is 6. The Labute approximate surface area is 155 Å². The van der Waals surface area contributed by atoms with Gasteiger partial charge >= 0.3 is 5.97 Å². The van der Waals surface area contributed by atoms with Crippen molar-refractivity contribution in [2.45, 2.75) is 25.9 Å². The molecule has 138 valence electrons. The van der Waals surface area contributed by atoms with Gasteiger partial charge in [-0.1, -0.05) is 25.6 Å². The summed E-state index contributed by atoms with van der Waals surface area (Å²) in [4.78, 5) is 41.9.